The zero-order valence-corrected chi connectivity index (χ0v) is 5.89. The van der Waals surface area contributed by atoms with Gasteiger partial charge in [-0.15, -0.1) is 0 Å². The molecule has 1 aliphatic carbocycles. The Labute approximate surface area is 63.4 Å². The van der Waals surface area contributed by atoms with E-state index < -0.39 is 0 Å². The Kier molecular flexibility index (Phi) is 1.18. The van der Waals surface area contributed by atoms with E-state index in [1.807, 2.05) is 0 Å². The van der Waals surface area contributed by atoms with Crippen LogP contribution in [0, 0.1) is 0 Å². The number of H-pyrrole nitrogens is 1. The number of hydrogen-bond donors (Lipinski definition) is 1. The third-order valence-corrected chi connectivity index (χ3v) is 1.95. The molecule has 0 fully saturated rings. The van der Waals surface area contributed by atoms with Crippen molar-refractivity contribution in [2.75, 3.05) is 0 Å². The van der Waals surface area contributed by atoms with E-state index in [-0.39, 0.29) is 11.6 Å². The molecule has 0 saturated carbocycles. The Morgan fingerprint density at radius 1 is 1.18 bits per heavy atom. The van der Waals surface area contributed by atoms with Crippen LogP contribution in [-0.4, -0.2) is 16.6 Å². The van der Waals surface area contributed by atoms with E-state index in [4.69, 9.17) is 0 Å². The summed E-state index contributed by atoms with van der Waals surface area (Å²) in [5.41, 5.74) is 1.52. The monoisotopic (exact) mass is 149 g/mol. The Morgan fingerprint density at radius 2 is 2.00 bits per heavy atom. The van der Waals surface area contributed by atoms with Gasteiger partial charge in [0, 0.05) is 24.4 Å². The number of carbonyl (C=O) groups is 2. The number of Topliss-reactive ketones (excluding diaryl/α,β-unsaturated/α-hetero) is 2. The Balaban J connectivity index is 2.54. The van der Waals surface area contributed by atoms with Gasteiger partial charge >= 0.3 is 0 Å². The molecule has 0 spiro atoms. The van der Waals surface area contributed by atoms with E-state index in [1.165, 1.54) is 0 Å². The lowest BCUT2D eigenvalue weighted by Gasteiger charge is -2.06. The van der Waals surface area contributed by atoms with Crippen LogP contribution in [0.5, 0.6) is 0 Å². The highest BCUT2D eigenvalue weighted by molar-refractivity contribution is 6.44. The molecule has 1 aliphatic rings. The summed E-state index contributed by atoms with van der Waals surface area (Å²) in [5.74, 6) is -0.607. The molecule has 1 aromatic rings. The molecule has 0 aliphatic heterocycles. The van der Waals surface area contributed by atoms with Gasteiger partial charge in [0.25, 0.3) is 0 Å². The summed E-state index contributed by atoms with van der Waals surface area (Å²) in [6.07, 6.45) is 4.43. The zero-order valence-electron chi connectivity index (χ0n) is 5.89. The molecule has 0 amide bonds. The van der Waals surface area contributed by atoms with Crippen molar-refractivity contribution in [2.45, 2.75) is 12.8 Å². The lowest BCUT2D eigenvalue weighted by Crippen LogP contribution is -2.20. The third-order valence-electron chi connectivity index (χ3n) is 1.95. The van der Waals surface area contributed by atoms with Crippen LogP contribution in [-0.2, 0) is 11.2 Å². The molecule has 1 N–H and O–H groups in total. The van der Waals surface area contributed by atoms with Crippen LogP contribution in [0.4, 0.5) is 0 Å². The van der Waals surface area contributed by atoms with Gasteiger partial charge in [-0.3, -0.25) is 9.59 Å². The van der Waals surface area contributed by atoms with Gasteiger partial charge in [-0.25, -0.2) is 0 Å². The van der Waals surface area contributed by atoms with Crippen molar-refractivity contribution in [3.05, 3.63) is 23.5 Å². The second kappa shape index (κ2) is 2.05. The number of rotatable bonds is 0. The number of carbonyl (C=O) groups excluding carboxylic acids is 2. The highest BCUT2D eigenvalue weighted by Gasteiger charge is 2.24. The maximum atomic E-state index is 11.1. The van der Waals surface area contributed by atoms with Crippen LogP contribution < -0.4 is 0 Å². The summed E-state index contributed by atoms with van der Waals surface area (Å²) in [6, 6.07) is 0. The summed E-state index contributed by atoms with van der Waals surface area (Å²) < 4.78 is 0. The highest BCUT2D eigenvalue weighted by atomic mass is 16.2. The number of fused-ring (bicyclic) bond motifs is 1. The number of aromatic nitrogens is 1. The van der Waals surface area contributed by atoms with Crippen molar-refractivity contribution >= 4 is 11.6 Å². The smallest absolute Gasteiger partial charge is 0.230 e. The molecule has 3 heteroatoms. The maximum Gasteiger partial charge on any atom is 0.230 e. The van der Waals surface area contributed by atoms with E-state index in [9.17, 15) is 9.59 Å². The van der Waals surface area contributed by atoms with Crippen LogP contribution in [0.25, 0.3) is 0 Å². The normalized spacial score (nSPS) is 16.7. The van der Waals surface area contributed by atoms with Gasteiger partial charge in [-0.2, -0.15) is 0 Å². The molecular weight excluding hydrogens is 142 g/mol. The lowest BCUT2D eigenvalue weighted by atomic mass is 9.94. The summed E-state index contributed by atoms with van der Waals surface area (Å²) in [4.78, 5) is 24.8. The van der Waals surface area contributed by atoms with Crippen molar-refractivity contribution in [1.82, 2.24) is 4.98 Å². The molecule has 1 heterocycles. The molecule has 1 aromatic heterocycles. The van der Waals surface area contributed by atoms with Gasteiger partial charge in [-0.05, 0) is 12.0 Å². The summed E-state index contributed by atoms with van der Waals surface area (Å²) in [7, 11) is 0. The fraction of sp³-hybridized carbons (Fsp3) is 0.250. The highest BCUT2D eigenvalue weighted by Crippen LogP contribution is 2.17. The van der Waals surface area contributed by atoms with Gasteiger partial charge in [0.15, 0.2) is 0 Å². The van der Waals surface area contributed by atoms with E-state index in [0.29, 0.717) is 18.4 Å². The first kappa shape index (κ1) is 6.34. The molecule has 3 nitrogen and oxygen atoms in total. The van der Waals surface area contributed by atoms with Gasteiger partial charge < -0.3 is 4.98 Å². The average Bonchev–Trinajstić information content (AvgIpc) is 2.45. The zero-order chi connectivity index (χ0) is 7.84. The Morgan fingerprint density at radius 3 is 2.82 bits per heavy atom. The molecule has 0 unspecified atom stereocenters. The topological polar surface area (TPSA) is 49.9 Å². The van der Waals surface area contributed by atoms with Crippen molar-refractivity contribution in [3.8, 4) is 0 Å². The fourth-order valence-corrected chi connectivity index (χ4v) is 1.33. The van der Waals surface area contributed by atoms with Crippen LogP contribution >= 0.6 is 0 Å². The predicted molar refractivity (Wildman–Crippen MR) is 38.5 cm³/mol. The SMILES string of the molecule is O=C1CCc2c[nH]cc2C1=O. The van der Waals surface area contributed by atoms with Crippen molar-refractivity contribution in [1.29, 1.82) is 0 Å². The first-order chi connectivity index (χ1) is 5.29. The summed E-state index contributed by atoms with van der Waals surface area (Å²) in [6.45, 7) is 0. The minimum absolute atomic E-state index is 0.267. The molecule has 56 valence electrons. The fourth-order valence-electron chi connectivity index (χ4n) is 1.33. The second-order valence-corrected chi connectivity index (χ2v) is 2.65. The van der Waals surface area contributed by atoms with E-state index in [0.717, 1.165) is 5.56 Å². The Bertz CT molecular complexity index is 325. The first-order valence-corrected chi connectivity index (χ1v) is 3.52. The number of ketones is 2. The molecule has 0 radical (unpaired) electrons. The molecule has 0 atom stereocenters. The first-order valence-electron chi connectivity index (χ1n) is 3.52. The number of hydrogen-bond acceptors (Lipinski definition) is 2. The lowest BCUT2D eigenvalue weighted by molar-refractivity contribution is -0.115. The van der Waals surface area contributed by atoms with Crippen LogP contribution in [0.3, 0.4) is 0 Å². The Hall–Kier alpha value is -1.38. The largest absolute Gasteiger partial charge is 0.367 e. The minimum Gasteiger partial charge on any atom is -0.367 e. The van der Waals surface area contributed by atoms with Crippen LogP contribution in [0.1, 0.15) is 22.3 Å². The summed E-state index contributed by atoms with van der Waals surface area (Å²) in [5, 5.41) is 0. The third kappa shape index (κ3) is 0.808. The van der Waals surface area contributed by atoms with E-state index >= 15 is 0 Å². The number of aromatic amines is 1. The summed E-state index contributed by atoms with van der Waals surface area (Å²) >= 11 is 0. The van der Waals surface area contributed by atoms with Gasteiger partial charge in [0.05, 0.1) is 0 Å². The molecule has 0 bridgehead atoms. The van der Waals surface area contributed by atoms with Gasteiger partial charge in [0.2, 0.25) is 11.6 Å². The predicted octanol–water partition coefficient (Wildman–Crippen LogP) is 0.713. The molecule has 0 aromatic carbocycles. The van der Waals surface area contributed by atoms with Crippen molar-refractivity contribution in [2.24, 2.45) is 0 Å². The molecule has 2 rings (SSSR count). The van der Waals surface area contributed by atoms with Crippen LogP contribution in [0.15, 0.2) is 12.4 Å². The number of aryl methyl sites for hydroxylation is 1. The average molecular weight is 149 g/mol. The van der Waals surface area contributed by atoms with Gasteiger partial charge in [-0.1, -0.05) is 0 Å². The minimum atomic E-state index is -0.340. The standard InChI is InChI=1S/C8H7NO2/c10-7-2-1-5-3-9-4-6(5)8(7)11/h3-4,9H,1-2H2. The van der Waals surface area contributed by atoms with Crippen molar-refractivity contribution < 1.29 is 9.59 Å². The van der Waals surface area contributed by atoms with Gasteiger partial charge in [0.1, 0.15) is 0 Å². The molecule has 0 saturated heterocycles. The van der Waals surface area contributed by atoms with E-state index in [2.05, 4.69) is 4.98 Å². The maximum absolute atomic E-state index is 11.1. The quantitative estimate of drug-likeness (QED) is 0.552. The molecule has 11 heavy (non-hydrogen) atoms. The number of nitrogens with one attached hydrogen (secondary N) is 1. The second-order valence-electron chi connectivity index (χ2n) is 2.65. The van der Waals surface area contributed by atoms with E-state index in [1.54, 1.807) is 12.4 Å². The van der Waals surface area contributed by atoms with Crippen molar-refractivity contribution in [3.63, 3.8) is 0 Å². The molecular formula is C8H7NO2. The van der Waals surface area contributed by atoms with Crippen LogP contribution in [0.2, 0.25) is 0 Å².